The summed E-state index contributed by atoms with van der Waals surface area (Å²) in [7, 11) is 0. The third kappa shape index (κ3) is 3.62. The molecule has 1 aromatic carbocycles. The fourth-order valence-electron chi connectivity index (χ4n) is 2.67. The van der Waals surface area contributed by atoms with Crippen LogP contribution in [0.5, 0.6) is 5.75 Å². The number of alkyl halides is 3. The van der Waals surface area contributed by atoms with Gasteiger partial charge in [-0.25, -0.2) is 4.98 Å². The molecule has 0 N–H and O–H groups in total. The summed E-state index contributed by atoms with van der Waals surface area (Å²) < 4.78 is 43.4. The molecule has 0 radical (unpaired) electrons. The maximum Gasteiger partial charge on any atom is 0.416 e. The minimum Gasteiger partial charge on any atom is -0.490 e. The van der Waals surface area contributed by atoms with E-state index in [0.29, 0.717) is 18.6 Å². The van der Waals surface area contributed by atoms with Crippen LogP contribution in [0.15, 0.2) is 36.4 Å². The SMILES string of the molecule is N#Cc1cc(OC2CC(c3ccc(C(F)(F)F)cc3)C2)cc(Cl)n1. The molecule has 1 aliphatic rings. The molecular weight excluding hydrogens is 341 g/mol. The topological polar surface area (TPSA) is 45.9 Å². The van der Waals surface area contributed by atoms with Crippen LogP contribution in [-0.2, 0) is 6.18 Å². The van der Waals surface area contributed by atoms with Gasteiger partial charge < -0.3 is 4.74 Å². The maximum atomic E-state index is 12.6. The molecule has 0 aliphatic heterocycles. The Morgan fingerprint density at radius 1 is 1.17 bits per heavy atom. The second-order valence-corrected chi connectivity index (χ2v) is 6.04. The Balaban J connectivity index is 1.60. The predicted molar refractivity (Wildman–Crippen MR) is 81.8 cm³/mol. The van der Waals surface area contributed by atoms with Gasteiger partial charge in [-0.1, -0.05) is 23.7 Å². The highest BCUT2D eigenvalue weighted by atomic mass is 35.5. The lowest BCUT2D eigenvalue weighted by atomic mass is 9.77. The molecule has 1 fully saturated rings. The van der Waals surface area contributed by atoms with E-state index < -0.39 is 11.7 Å². The molecular formula is C17H12ClF3N2O. The van der Waals surface area contributed by atoms with Gasteiger partial charge in [-0.2, -0.15) is 18.4 Å². The number of rotatable bonds is 3. The van der Waals surface area contributed by atoms with Gasteiger partial charge in [-0.05, 0) is 36.5 Å². The number of nitriles is 1. The summed E-state index contributed by atoms with van der Waals surface area (Å²) in [4.78, 5) is 3.83. The first-order valence-corrected chi connectivity index (χ1v) is 7.64. The molecule has 0 spiro atoms. The number of hydrogen-bond acceptors (Lipinski definition) is 3. The number of hydrogen-bond donors (Lipinski definition) is 0. The summed E-state index contributed by atoms with van der Waals surface area (Å²) in [6.45, 7) is 0. The standard InChI is InChI=1S/C17H12ClF3N2O/c18-16-8-15(7-13(9-22)23-16)24-14-5-11(6-14)10-1-3-12(4-2-10)17(19,20)21/h1-4,7-8,11,14H,5-6H2. The summed E-state index contributed by atoms with van der Waals surface area (Å²) in [5.41, 5.74) is 0.401. The lowest BCUT2D eigenvalue weighted by molar-refractivity contribution is -0.137. The fourth-order valence-corrected chi connectivity index (χ4v) is 2.87. The molecule has 0 bridgehead atoms. The Kier molecular flexibility index (Phi) is 4.37. The van der Waals surface area contributed by atoms with Gasteiger partial charge in [0.15, 0.2) is 0 Å². The molecule has 1 aromatic heterocycles. The predicted octanol–water partition coefficient (Wildman–Crippen LogP) is 4.95. The molecule has 2 aromatic rings. The fraction of sp³-hybridized carbons (Fsp3) is 0.294. The molecule has 7 heteroatoms. The average Bonchev–Trinajstić information content (AvgIpc) is 2.49. The van der Waals surface area contributed by atoms with E-state index in [1.54, 1.807) is 0 Å². The number of halogens is 4. The van der Waals surface area contributed by atoms with E-state index in [9.17, 15) is 13.2 Å². The van der Waals surface area contributed by atoms with Gasteiger partial charge >= 0.3 is 6.18 Å². The van der Waals surface area contributed by atoms with Crippen LogP contribution in [0.3, 0.4) is 0 Å². The normalized spacial score (nSPS) is 20.1. The summed E-state index contributed by atoms with van der Waals surface area (Å²) in [6, 6.07) is 10.2. The zero-order valence-electron chi connectivity index (χ0n) is 12.3. The van der Waals surface area contributed by atoms with Crippen LogP contribution in [0.2, 0.25) is 5.15 Å². The maximum absolute atomic E-state index is 12.6. The second kappa shape index (κ2) is 6.33. The van der Waals surface area contributed by atoms with Crippen molar-refractivity contribution in [3.05, 3.63) is 58.4 Å². The van der Waals surface area contributed by atoms with Gasteiger partial charge in [0.25, 0.3) is 0 Å². The Labute approximate surface area is 141 Å². The van der Waals surface area contributed by atoms with Gasteiger partial charge in [0.05, 0.1) is 11.7 Å². The molecule has 124 valence electrons. The van der Waals surface area contributed by atoms with Crippen molar-refractivity contribution in [2.45, 2.75) is 31.0 Å². The van der Waals surface area contributed by atoms with Crippen LogP contribution in [-0.4, -0.2) is 11.1 Å². The van der Waals surface area contributed by atoms with Gasteiger partial charge in [0.1, 0.15) is 22.7 Å². The third-order valence-electron chi connectivity index (χ3n) is 3.99. The first kappa shape index (κ1) is 16.6. The summed E-state index contributed by atoms with van der Waals surface area (Å²) in [5, 5.41) is 9.04. The minimum absolute atomic E-state index is 0.0534. The molecule has 3 rings (SSSR count). The second-order valence-electron chi connectivity index (χ2n) is 5.65. The van der Waals surface area contributed by atoms with Gasteiger partial charge in [0.2, 0.25) is 0 Å². The average molecular weight is 353 g/mol. The third-order valence-corrected chi connectivity index (χ3v) is 4.18. The smallest absolute Gasteiger partial charge is 0.416 e. The Morgan fingerprint density at radius 2 is 1.83 bits per heavy atom. The van der Waals surface area contributed by atoms with Crippen molar-refractivity contribution in [1.29, 1.82) is 5.26 Å². The lowest BCUT2D eigenvalue weighted by Crippen LogP contribution is -2.32. The van der Waals surface area contributed by atoms with Gasteiger partial charge in [-0.15, -0.1) is 0 Å². The van der Waals surface area contributed by atoms with Crippen LogP contribution < -0.4 is 4.74 Å². The molecule has 24 heavy (non-hydrogen) atoms. The van der Waals surface area contributed by atoms with Crippen LogP contribution >= 0.6 is 11.6 Å². The Bertz CT molecular complexity index is 778. The van der Waals surface area contributed by atoms with E-state index in [2.05, 4.69) is 4.98 Å². The minimum atomic E-state index is -4.32. The van der Waals surface area contributed by atoms with Gasteiger partial charge in [0, 0.05) is 12.1 Å². The number of aromatic nitrogens is 1. The molecule has 0 atom stereocenters. The highest BCUT2D eigenvalue weighted by Gasteiger charge is 2.34. The van der Waals surface area contributed by atoms with Crippen LogP contribution in [0.4, 0.5) is 13.2 Å². The zero-order valence-corrected chi connectivity index (χ0v) is 13.1. The highest BCUT2D eigenvalue weighted by molar-refractivity contribution is 6.29. The molecule has 0 unspecified atom stereocenters. The van der Waals surface area contributed by atoms with Crippen molar-refractivity contribution >= 4 is 11.6 Å². The van der Waals surface area contributed by atoms with Crippen molar-refractivity contribution in [2.24, 2.45) is 0 Å². The van der Waals surface area contributed by atoms with Crippen molar-refractivity contribution < 1.29 is 17.9 Å². The first-order chi connectivity index (χ1) is 11.3. The number of pyridine rings is 1. The van der Waals surface area contributed by atoms with Crippen molar-refractivity contribution in [2.75, 3.05) is 0 Å². The Hall–Kier alpha value is -2.26. The van der Waals surface area contributed by atoms with E-state index in [0.717, 1.165) is 17.7 Å². The molecule has 0 saturated heterocycles. The monoisotopic (exact) mass is 352 g/mol. The lowest BCUT2D eigenvalue weighted by Gasteiger charge is -2.35. The summed E-state index contributed by atoms with van der Waals surface area (Å²) in [6.07, 6.45) is -2.97. The molecule has 1 heterocycles. The van der Waals surface area contributed by atoms with Crippen molar-refractivity contribution in [1.82, 2.24) is 4.98 Å². The van der Waals surface area contributed by atoms with Crippen molar-refractivity contribution in [3.63, 3.8) is 0 Å². The van der Waals surface area contributed by atoms with E-state index in [1.807, 2.05) is 6.07 Å². The van der Waals surface area contributed by atoms with E-state index in [4.69, 9.17) is 21.6 Å². The first-order valence-electron chi connectivity index (χ1n) is 7.26. The quantitative estimate of drug-likeness (QED) is 0.734. The van der Waals surface area contributed by atoms with Crippen LogP contribution in [0, 0.1) is 11.3 Å². The van der Waals surface area contributed by atoms with E-state index >= 15 is 0 Å². The molecule has 1 saturated carbocycles. The molecule has 0 amide bonds. The van der Waals surface area contributed by atoms with Gasteiger partial charge in [-0.3, -0.25) is 0 Å². The largest absolute Gasteiger partial charge is 0.490 e. The zero-order chi connectivity index (χ0) is 17.3. The van der Waals surface area contributed by atoms with E-state index in [1.165, 1.54) is 24.3 Å². The molecule has 1 aliphatic carbocycles. The molecule has 3 nitrogen and oxygen atoms in total. The number of ether oxygens (including phenoxy) is 1. The van der Waals surface area contributed by atoms with Crippen LogP contribution in [0.25, 0.3) is 0 Å². The number of nitrogens with zero attached hydrogens (tertiary/aromatic N) is 2. The summed E-state index contributed by atoms with van der Waals surface area (Å²) in [5.74, 6) is 0.646. The summed E-state index contributed by atoms with van der Waals surface area (Å²) >= 11 is 5.82. The Morgan fingerprint density at radius 3 is 2.42 bits per heavy atom. The van der Waals surface area contributed by atoms with E-state index in [-0.39, 0.29) is 22.9 Å². The van der Waals surface area contributed by atoms with Crippen LogP contribution in [0.1, 0.15) is 35.6 Å². The van der Waals surface area contributed by atoms with Crippen molar-refractivity contribution in [3.8, 4) is 11.8 Å². The number of benzene rings is 1. The highest BCUT2D eigenvalue weighted by Crippen LogP contribution is 2.40.